The molecule has 0 spiro atoms. The van der Waals surface area contributed by atoms with Crippen LogP contribution in [0, 0.1) is 0 Å². The summed E-state index contributed by atoms with van der Waals surface area (Å²) in [6.45, 7) is 0.555. The van der Waals surface area contributed by atoms with Crippen molar-refractivity contribution < 1.29 is 4.79 Å². The third-order valence-electron chi connectivity index (χ3n) is 2.39. The van der Waals surface area contributed by atoms with Crippen molar-refractivity contribution >= 4 is 44.8 Å². The molecule has 1 aromatic carbocycles. The molecule has 2 aromatic rings. The highest BCUT2D eigenvalue weighted by Crippen LogP contribution is 2.19. The zero-order chi connectivity index (χ0) is 13.0. The quantitative estimate of drug-likeness (QED) is 0.891. The second-order valence-corrected chi connectivity index (χ2v) is 6.09. The molecule has 1 aromatic heterocycles. The summed E-state index contributed by atoms with van der Waals surface area (Å²) in [7, 11) is 0. The second-order valence-electron chi connectivity index (χ2n) is 3.78. The van der Waals surface area contributed by atoms with Crippen LogP contribution in [0.1, 0.15) is 10.4 Å². The van der Waals surface area contributed by atoms with Gasteiger partial charge in [-0.1, -0.05) is 29.8 Å². The maximum Gasteiger partial charge on any atom is 0.224 e. The fourth-order valence-corrected chi connectivity index (χ4v) is 3.10. The first-order valence-corrected chi connectivity index (χ1v) is 7.43. The van der Waals surface area contributed by atoms with Crippen LogP contribution >= 0.6 is 38.9 Å². The Balaban J connectivity index is 1.88. The van der Waals surface area contributed by atoms with Crippen LogP contribution < -0.4 is 5.32 Å². The molecular weight excluding hydrogens is 334 g/mol. The zero-order valence-electron chi connectivity index (χ0n) is 9.45. The van der Waals surface area contributed by atoms with Gasteiger partial charge in [0.05, 0.1) is 13.0 Å². The summed E-state index contributed by atoms with van der Waals surface area (Å²) >= 11 is 11.0. The molecule has 1 N–H and O–H groups in total. The molecule has 0 fully saturated rings. The molecule has 0 aliphatic rings. The predicted octanol–water partition coefficient (Wildman–Crippen LogP) is 4.02. The largest absolute Gasteiger partial charge is 0.351 e. The normalized spacial score (nSPS) is 10.3. The van der Waals surface area contributed by atoms with Crippen molar-refractivity contribution in [2.75, 3.05) is 0 Å². The number of hydrogen-bond acceptors (Lipinski definition) is 2. The van der Waals surface area contributed by atoms with Gasteiger partial charge in [0.15, 0.2) is 0 Å². The van der Waals surface area contributed by atoms with Crippen LogP contribution in [0.4, 0.5) is 0 Å². The van der Waals surface area contributed by atoms with Crippen molar-refractivity contribution in [3.8, 4) is 0 Å². The molecule has 5 heteroatoms. The molecular formula is C13H11BrClNOS. The van der Waals surface area contributed by atoms with Crippen molar-refractivity contribution in [3.05, 3.63) is 55.6 Å². The minimum atomic E-state index is -0.0207. The number of amides is 1. The average Bonchev–Trinajstić information content (AvgIpc) is 2.76. The van der Waals surface area contributed by atoms with Gasteiger partial charge in [0.2, 0.25) is 5.91 Å². The van der Waals surface area contributed by atoms with E-state index in [9.17, 15) is 4.79 Å². The molecule has 0 atom stereocenters. The van der Waals surface area contributed by atoms with Crippen molar-refractivity contribution in [2.24, 2.45) is 0 Å². The van der Waals surface area contributed by atoms with E-state index >= 15 is 0 Å². The van der Waals surface area contributed by atoms with Crippen molar-refractivity contribution in [3.63, 3.8) is 0 Å². The lowest BCUT2D eigenvalue weighted by atomic mass is 10.1. The first-order chi connectivity index (χ1) is 8.65. The second kappa shape index (κ2) is 6.36. The number of hydrogen-bond donors (Lipinski definition) is 1. The van der Waals surface area contributed by atoms with Gasteiger partial charge in [-0.15, -0.1) is 11.3 Å². The molecule has 0 aliphatic heterocycles. The lowest BCUT2D eigenvalue weighted by Gasteiger charge is -2.05. The molecule has 0 unspecified atom stereocenters. The maximum absolute atomic E-state index is 11.8. The summed E-state index contributed by atoms with van der Waals surface area (Å²) in [6.07, 6.45) is 0.312. The van der Waals surface area contributed by atoms with Crippen LogP contribution in [0.2, 0.25) is 5.02 Å². The van der Waals surface area contributed by atoms with Crippen molar-refractivity contribution in [2.45, 2.75) is 13.0 Å². The van der Waals surface area contributed by atoms with E-state index in [0.717, 1.165) is 14.9 Å². The molecule has 2 rings (SSSR count). The highest BCUT2D eigenvalue weighted by molar-refractivity contribution is 9.10. The van der Waals surface area contributed by atoms with E-state index in [1.807, 2.05) is 29.6 Å². The van der Waals surface area contributed by atoms with E-state index in [4.69, 9.17) is 11.6 Å². The van der Waals surface area contributed by atoms with Crippen LogP contribution in [0.5, 0.6) is 0 Å². The van der Waals surface area contributed by atoms with Crippen LogP contribution in [0.15, 0.2) is 40.2 Å². The first kappa shape index (κ1) is 13.6. The Morgan fingerprint density at radius 2 is 2.17 bits per heavy atom. The van der Waals surface area contributed by atoms with Gasteiger partial charge in [0.25, 0.3) is 0 Å². The Hall–Kier alpha value is -0.840. The van der Waals surface area contributed by atoms with Gasteiger partial charge in [-0.3, -0.25) is 4.79 Å². The monoisotopic (exact) mass is 343 g/mol. The lowest BCUT2D eigenvalue weighted by molar-refractivity contribution is -0.120. The van der Waals surface area contributed by atoms with Gasteiger partial charge in [0, 0.05) is 19.8 Å². The Kier molecular flexibility index (Phi) is 4.80. The molecule has 1 heterocycles. The topological polar surface area (TPSA) is 29.1 Å². The lowest BCUT2D eigenvalue weighted by Crippen LogP contribution is -2.24. The molecule has 18 heavy (non-hydrogen) atoms. The average molecular weight is 345 g/mol. The van der Waals surface area contributed by atoms with Gasteiger partial charge in [-0.2, -0.15) is 0 Å². The van der Waals surface area contributed by atoms with E-state index in [0.29, 0.717) is 18.0 Å². The number of carbonyl (C=O) groups is 1. The molecule has 2 nitrogen and oxygen atoms in total. The SMILES string of the molecule is O=C(Cc1ccccc1Cl)NCc1cc(Br)cs1. The molecule has 0 saturated carbocycles. The Morgan fingerprint density at radius 1 is 1.39 bits per heavy atom. The van der Waals surface area contributed by atoms with Crippen LogP contribution in [0.25, 0.3) is 0 Å². The Morgan fingerprint density at radius 3 is 2.83 bits per heavy atom. The minimum Gasteiger partial charge on any atom is -0.351 e. The fraction of sp³-hybridized carbons (Fsp3) is 0.154. The predicted molar refractivity (Wildman–Crippen MR) is 79.0 cm³/mol. The number of halogens is 2. The van der Waals surface area contributed by atoms with Gasteiger partial charge < -0.3 is 5.32 Å². The number of nitrogens with one attached hydrogen (secondary N) is 1. The van der Waals surface area contributed by atoms with E-state index < -0.39 is 0 Å². The molecule has 1 amide bonds. The van der Waals surface area contributed by atoms with Gasteiger partial charge in [0.1, 0.15) is 0 Å². The van der Waals surface area contributed by atoms with Gasteiger partial charge in [-0.25, -0.2) is 0 Å². The summed E-state index contributed by atoms with van der Waals surface area (Å²) < 4.78 is 1.04. The van der Waals surface area contributed by atoms with Gasteiger partial charge in [-0.05, 0) is 33.6 Å². The van der Waals surface area contributed by atoms with E-state index in [-0.39, 0.29) is 5.91 Å². The number of rotatable bonds is 4. The number of benzene rings is 1. The van der Waals surface area contributed by atoms with Crippen LogP contribution in [-0.4, -0.2) is 5.91 Å². The summed E-state index contributed by atoms with van der Waals surface area (Å²) in [6, 6.07) is 9.39. The van der Waals surface area contributed by atoms with Crippen molar-refractivity contribution in [1.29, 1.82) is 0 Å². The summed E-state index contributed by atoms with van der Waals surface area (Å²) in [5, 5.41) is 5.51. The van der Waals surface area contributed by atoms with Crippen LogP contribution in [0.3, 0.4) is 0 Å². The molecule has 0 radical (unpaired) electrons. The minimum absolute atomic E-state index is 0.0207. The third kappa shape index (κ3) is 3.83. The highest BCUT2D eigenvalue weighted by Gasteiger charge is 2.06. The fourth-order valence-electron chi connectivity index (χ4n) is 1.51. The summed E-state index contributed by atoms with van der Waals surface area (Å²) in [5.41, 5.74) is 0.851. The molecule has 0 aliphatic carbocycles. The first-order valence-electron chi connectivity index (χ1n) is 5.38. The molecule has 94 valence electrons. The molecule has 0 saturated heterocycles. The van der Waals surface area contributed by atoms with E-state index in [2.05, 4.69) is 21.2 Å². The smallest absolute Gasteiger partial charge is 0.224 e. The standard InChI is InChI=1S/C13H11BrClNOS/c14-10-6-11(18-8-10)7-16-13(17)5-9-3-1-2-4-12(9)15/h1-4,6,8H,5,7H2,(H,16,17). The summed E-state index contributed by atoms with van der Waals surface area (Å²) in [4.78, 5) is 12.9. The van der Waals surface area contributed by atoms with Gasteiger partial charge >= 0.3 is 0 Å². The Bertz CT molecular complexity index is 555. The third-order valence-corrected chi connectivity index (χ3v) is 4.46. The van der Waals surface area contributed by atoms with E-state index in [1.54, 1.807) is 17.4 Å². The summed E-state index contributed by atoms with van der Waals surface area (Å²) in [5.74, 6) is -0.0207. The molecule has 0 bridgehead atoms. The number of thiophene rings is 1. The highest BCUT2D eigenvalue weighted by atomic mass is 79.9. The van der Waals surface area contributed by atoms with Crippen molar-refractivity contribution in [1.82, 2.24) is 5.32 Å². The maximum atomic E-state index is 11.8. The van der Waals surface area contributed by atoms with Crippen LogP contribution in [-0.2, 0) is 17.8 Å². The zero-order valence-corrected chi connectivity index (χ0v) is 12.6. The van der Waals surface area contributed by atoms with E-state index in [1.165, 1.54) is 0 Å². The Labute approximate surface area is 123 Å². The number of carbonyl (C=O) groups excluding carboxylic acids is 1.